The smallest absolute Gasteiger partial charge is 0.141 e. The summed E-state index contributed by atoms with van der Waals surface area (Å²) in [7, 11) is 0. The molecule has 6 aromatic carbocycles. The van der Waals surface area contributed by atoms with E-state index in [0.29, 0.717) is 5.56 Å². The van der Waals surface area contributed by atoms with Gasteiger partial charge in [0.05, 0.1) is 13.1 Å². The van der Waals surface area contributed by atoms with Gasteiger partial charge in [0.1, 0.15) is 5.58 Å². The summed E-state index contributed by atoms with van der Waals surface area (Å²) < 4.78 is 47.2. The molecule has 1 aromatic heterocycles. The molecule has 144 valence electrons. The molecular formula is C30H18O. The van der Waals surface area contributed by atoms with Gasteiger partial charge in [-0.1, -0.05) is 96.9 Å². The first-order valence-corrected chi connectivity index (χ1v) is 10.2. The van der Waals surface area contributed by atoms with E-state index in [4.69, 9.17) is 11.3 Å². The molecule has 7 aromatic rings. The van der Waals surface area contributed by atoms with Gasteiger partial charge in [-0.3, -0.25) is 0 Å². The molecule has 1 heterocycles. The van der Waals surface area contributed by atoms with Gasteiger partial charge in [0.2, 0.25) is 0 Å². The van der Waals surface area contributed by atoms with Crippen molar-refractivity contribution in [3.63, 3.8) is 0 Å². The van der Waals surface area contributed by atoms with Crippen LogP contribution in [0.4, 0.5) is 0 Å². The number of hydrogen-bond acceptors (Lipinski definition) is 1. The molecule has 0 spiro atoms. The molecule has 0 aliphatic carbocycles. The van der Waals surface area contributed by atoms with Gasteiger partial charge in [0.15, 0.2) is 0 Å². The monoisotopic (exact) mass is 399 g/mol. The van der Waals surface area contributed by atoms with Gasteiger partial charge in [-0.2, -0.15) is 0 Å². The summed E-state index contributed by atoms with van der Waals surface area (Å²) in [4.78, 5) is 0. The van der Waals surface area contributed by atoms with Crippen LogP contribution in [0.25, 0.3) is 65.5 Å². The van der Waals surface area contributed by atoms with E-state index < -0.39 is 0 Å². The highest BCUT2D eigenvalue weighted by atomic mass is 16.3. The van der Waals surface area contributed by atoms with Crippen molar-refractivity contribution in [3.05, 3.63) is 109 Å². The zero-order valence-corrected chi connectivity index (χ0v) is 16.4. The number of para-hydroxylation sites is 1. The maximum absolute atomic E-state index is 8.53. The van der Waals surface area contributed by atoms with Crippen molar-refractivity contribution < 1.29 is 11.3 Å². The standard InChI is InChI=1S/C30H18O/c1-2-5-19(6-3-1)23-13-9-20-12-16-26-24(27-8-4-7-22-17-18-31-30(22)27)14-10-21-11-15-25(23)28(20)29(21)26/h1-18H/i1D,2D,3D,5D,6D. The molecule has 0 unspecified atom stereocenters. The van der Waals surface area contributed by atoms with Gasteiger partial charge in [0.25, 0.3) is 0 Å². The van der Waals surface area contributed by atoms with Crippen LogP contribution in [0.1, 0.15) is 6.85 Å². The molecule has 0 fully saturated rings. The molecule has 0 aliphatic rings. The van der Waals surface area contributed by atoms with Crippen LogP contribution in [0, 0.1) is 0 Å². The van der Waals surface area contributed by atoms with Crippen LogP contribution < -0.4 is 0 Å². The molecule has 1 nitrogen and oxygen atoms in total. The summed E-state index contributed by atoms with van der Waals surface area (Å²) in [6, 6.07) is 23.0. The Morgan fingerprint density at radius 2 is 1.23 bits per heavy atom. The number of hydrogen-bond donors (Lipinski definition) is 0. The van der Waals surface area contributed by atoms with E-state index in [-0.39, 0.29) is 35.8 Å². The zero-order valence-electron chi connectivity index (χ0n) is 21.4. The Morgan fingerprint density at radius 1 is 0.548 bits per heavy atom. The van der Waals surface area contributed by atoms with Crippen LogP contribution in [-0.4, -0.2) is 0 Å². The Bertz CT molecular complexity index is 1970. The summed E-state index contributed by atoms with van der Waals surface area (Å²) in [5.74, 6) is 0. The van der Waals surface area contributed by atoms with Gasteiger partial charge in [-0.25, -0.2) is 0 Å². The summed E-state index contributed by atoms with van der Waals surface area (Å²) in [6.07, 6.45) is 1.70. The number of benzene rings is 6. The lowest BCUT2D eigenvalue weighted by Crippen LogP contribution is -1.89. The fourth-order valence-electron chi connectivity index (χ4n) is 4.84. The SMILES string of the molecule is [2H]c1c([2H])c([2H])c(-c2ccc3ccc4c(-c5cccc6ccoc56)ccc5ccc2c3c54)c([2H])c1[2H]. The maximum Gasteiger partial charge on any atom is 0.141 e. The summed E-state index contributed by atoms with van der Waals surface area (Å²) >= 11 is 0. The first-order chi connectivity index (χ1) is 17.5. The zero-order chi connectivity index (χ0) is 24.7. The van der Waals surface area contributed by atoms with Gasteiger partial charge in [0, 0.05) is 10.9 Å². The minimum atomic E-state index is -0.386. The van der Waals surface area contributed by atoms with Gasteiger partial charge in [-0.05, 0) is 55.1 Å². The topological polar surface area (TPSA) is 13.1 Å². The van der Waals surface area contributed by atoms with Crippen LogP contribution in [0.5, 0.6) is 0 Å². The van der Waals surface area contributed by atoms with E-state index in [1.165, 1.54) is 0 Å². The lowest BCUT2D eigenvalue weighted by molar-refractivity contribution is 0.617. The fraction of sp³-hybridized carbons (Fsp3) is 0. The van der Waals surface area contributed by atoms with Crippen molar-refractivity contribution in [1.82, 2.24) is 0 Å². The third kappa shape index (κ3) is 2.32. The predicted molar refractivity (Wildman–Crippen MR) is 131 cm³/mol. The molecule has 0 aliphatic heterocycles. The number of fused-ring (bicyclic) bond motifs is 1. The van der Waals surface area contributed by atoms with E-state index >= 15 is 0 Å². The first-order valence-electron chi connectivity index (χ1n) is 12.7. The molecule has 1 heteroatoms. The second-order valence-electron chi connectivity index (χ2n) is 7.79. The van der Waals surface area contributed by atoms with Gasteiger partial charge in [-0.15, -0.1) is 0 Å². The molecule has 0 N–H and O–H groups in total. The molecular weight excluding hydrogens is 376 g/mol. The minimum absolute atomic E-state index is 0.193. The highest BCUT2D eigenvalue weighted by Crippen LogP contribution is 2.43. The molecule has 0 amide bonds. The van der Waals surface area contributed by atoms with Gasteiger partial charge < -0.3 is 4.42 Å². The Kier molecular flexibility index (Phi) is 2.51. The second-order valence-corrected chi connectivity index (χ2v) is 7.79. The molecule has 0 bridgehead atoms. The third-order valence-corrected chi connectivity index (χ3v) is 6.20. The van der Waals surface area contributed by atoms with Crippen molar-refractivity contribution in [2.24, 2.45) is 0 Å². The van der Waals surface area contributed by atoms with Crippen molar-refractivity contribution >= 4 is 43.3 Å². The lowest BCUT2D eigenvalue weighted by Gasteiger charge is -2.16. The quantitative estimate of drug-likeness (QED) is 0.265. The van der Waals surface area contributed by atoms with Crippen LogP contribution in [0.15, 0.2) is 114 Å². The van der Waals surface area contributed by atoms with E-state index in [1.807, 2.05) is 42.5 Å². The highest BCUT2D eigenvalue weighted by molar-refractivity contribution is 6.28. The van der Waals surface area contributed by atoms with E-state index in [2.05, 4.69) is 30.3 Å². The largest absolute Gasteiger partial charge is 0.464 e. The van der Waals surface area contributed by atoms with E-state index in [9.17, 15) is 0 Å². The van der Waals surface area contributed by atoms with Crippen molar-refractivity contribution in [2.75, 3.05) is 0 Å². The van der Waals surface area contributed by atoms with Crippen LogP contribution in [-0.2, 0) is 0 Å². The second kappa shape index (κ2) is 6.20. The average Bonchev–Trinajstić information content (AvgIpc) is 3.39. The highest BCUT2D eigenvalue weighted by Gasteiger charge is 2.16. The molecule has 0 saturated heterocycles. The lowest BCUT2D eigenvalue weighted by atomic mass is 9.87. The van der Waals surface area contributed by atoms with Crippen molar-refractivity contribution in [1.29, 1.82) is 0 Å². The van der Waals surface area contributed by atoms with Gasteiger partial charge >= 0.3 is 0 Å². The van der Waals surface area contributed by atoms with Crippen LogP contribution in [0.3, 0.4) is 0 Å². The fourth-order valence-corrected chi connectivity index (χ4v) is 4.84. The van der Waals surface area contributed by atoms with Crippen LogP contribution in [0.2, 0.25) is 0 Å². The number of furan rings is 1. The summed E-state index contributed by atoms with van der Waals surface area (Å²) in [5.41, 5.74) is 3.77. The Balaban J connectivity index is 1.61. The minimum Gasteiger partial charge on any atom is -0.464 e. The Labute approximate surface area is 186 Å². The molecule has 0 radical (unpaired) electrons. The normalized spacial score (nSPS) is 14.1. The molecule has 31 heavy (non-hydrogen) atoms. The predicted octanol–water partition coefficient (Wildman–Crippen LogP) is 8.66. The molecule has 0 atom stereocenters. The van der Waals surface area contributed by atoms with E-state index in [1.54, 1.807) is 6.26 Å². The summed E-state index contributed by atoms with van der Waals surface area (Å²) in [5, 5.41) is 7.19. The Morgan fingerprint density at radius 3 is 2.00 bits per heavy atom. The molecule has 0 saturated carbocycles. The Hall–Kier alpha value is -4.10. The number of rotatable bonds is 2. The van der Waals surface area contributed by atoms with Crippen LogP contribution >= 0.6 is 0 Å². The molecule has 7 rings (SSSR count). The summed E-state index contributed by atoms with van der Waals surface area (Å²) in [6.45, 7) is 0. The average molecular weight is 400 g/mol. The first kappa shape index (κ1) is 12.6. The van der Waals surface area contributed by atoms with E-state index in [0.717, 1.165) is 54.4 Å². The maximum atomic E-state index is 8.53. The van der Waals surface area contributed by atoms with Crippen molar-refractivity contribution in [2.45, 2.75) is 0 Å². The van der Waals surface area contributed by atoms with Crippen molar-refractivity contribution in [3.8, 4) is 22.3 Å². The third-order valence-electron chi connectivity index (χ3n) is 6.20.